The normalized spacial score (nSPS) is 21.6. The first-order valence-electron chi connectivity index (χ1n) is 10.7. The van der Waals surface area contributed by atoms with Crippen molar-refractivity contribution in [3.8, 4) is 0 Å². The van der Waals surface area contributed by atoms with E-state index < -0.39 is 0 Å². The Morgan fingerprint density at radius 3 is 2.52 bits per heavy atom. The van der Waals surface area contributed by atoms with Crippen LogP contribution in [0.1, 0.15) is 70.7 Å². The van der Waals surface area contributed by atoms with Crippen molar-refractivity contribution in [1.29, 1.82) is 0 Å². The highest BCUT2D eigenvalue weighted by Gasteiger charge is 2.27. The third kappa shape index (κ3) is 6.60. The molecule has 7 nitrogen and oxygen atoms in total. The van der Waals surface area contributed by atoms with Gasteiger partial charge in [0.05, 0.1) is 6.04 Å². The van der Waals surface area contributed by atoms with E-state index in [2.05, 4.69) is 46.9 Å². The van der Waals surface area contributed by atoms with Crippen LogP contribution in [0.15, 0.2) is 12.2 Å². The molecule has 1 aliphatic heterocycles. The highest BCUT2D eigenvalue weighted by Crippen LogP contribution is 2.28. The first-order valence-corrected chi connectivity index (χ1v) is 11.5. The molecule has 2 heterocycles. The quantitative estimate of drug-likeness (QED) is 0.590. The van der Waals surface area contributed by atoms with Gasteiger partial charge in [-0.25, -0.2) is 0 Å². The number of hydrogen-bond donors (Lipinski definition) is 3. The lowest BCUT2D eigenvalue weighted by Crippen LogP contribution is -2.55. The molecule has 0 spiro atoms. The summed E-state index contributed by atoms with van der Waals surface area (Å²) in [6.07, 6.45) is 11.3. The second-order valence-corrected chi connectivity index (χ2v) is 10.1. The molecule has 0 radical (unpaired) electrons. The van der Waals surface area contributed by atoms with Gasteiger partial charge in [0.2, 0.25) is 16.9 Å². The van der Waals surface area contributed by atoms with Crippen molar-refractivity contribution in [2.45, 2.75) is 83.2 Å². The minimum atomic E-state index is -0.244. The van der Waals surface area contributed by atoms with Gasteiger partial charge in [0.15, 0.2) is 0 Å². The summed E-state index contributed by atoms with van der Waals surface area (Å²) >= 11 is 1.39. The molecule has 3 N–H and O–H groups in total. The van der Waals surface area contributed by atoms with Crippen LogP contribution in [0.4, 0.5) is 5.13 Å². The lowest BCUT2D eigenvalue weighted by Gasteiger charge is -2.30. The van der Waals surface area contributed by atoms with Crippen LogP contribution in [0.25, 0.3) is 0 Å². The Morgan fingerprint density at radius 2 is 1.93 bits per heavy atom. The second-order valence-electron chi connectivity index (χ2n) is 9.16. The molecule has 0 bridgehead atoms. The molecule has 3 rings (SSSR count). The molecule has 2 fully saturated rings. The molecule has 1 aromatic heterocycles. The van der Waals surface area contributed by atoms with Crippen LogP contribution in [0.2, 0.25) is 0 Å². The lowest BCUT2D eigenvalue weighted by atomic mass is 9.84. The van der Waals surface area contributed by atoms with Gasteiger partial charge >= 0.3 is 0 Å². The molecule has 0 aromatic carbocycles. The molecule has 8 heteroatoms. The maximum Gasteiger partial charge on any atom is 0.249 e. The summed E-state index contributed by atoms with van der Waals surface area (Å²) in [5.74, 6) is 0.390. The Kier molecular flexibility index (Phi) is 7.40. The van der Waals surface area contributed by atoms with Crippen LogP contribution in [0.3, 0.4) is 0 Å². The van der Waals surface area contributed by atoms with Crippen LogP contribution < -0.4 is 16.0 Å². The fourth-order valence-electron chi connectivity index (χ4n) is 3.69. The Hall–Kier alpha value is -1.80. The summed E-state index contributed by atoms with van der Waals surface area (Å²) in [6.45, 7) is 7.08. The minimum absolute atomic E-state index is 0.0288. The fourth-order valence-corrected chi connectivity index (χ4v) is 4.50. The Labute approximate surface area is 177 Å². The smallest absolute Gasteiger partial charge is 0.249 e. The lowest BCUT2D eigenvalue weighted by molar-refractivity contribution is -0.125. The minimum Gasteiger partial charge on any atom is -0.349 e. The maximum absolute atomic E-state index is 12.4. The third-order valence-corrected chi connectivity index (χ3v) is 6.82. The molecule has 29 heavy (non-hydrogen) atoms. The van der Waals surface area contributed by atoms with E-state index in [0.29, 0.717) is 11.0 Å². The second kappa shape index (κ2) is 9.80. The van der Waals surface area contributed by atoms with Gasteiger partial charge in [-0.3, -0.25) is 14.9 Å². The number of nitrogens with zero attached hydrogens (tertiary/aromatic N) is 2. The predicted octanol–water partition coefficient (Wildman–Crippen LogP) is 3.15. The topological polar surface area (TPSA) is 96.0 Å². The molecule has 0 unspecified atom stereocenters. The van der Waals surface area contributed by atoms with Gasteiger partial charge in [-0.15, -0.1) is 10.2 Å². The standard InChI is InChI=1S/C21H33N5O2S/c1-21(2,3)19-25-26-20(29-19)24-17(27)10-9-15(13-14-7-5-4-6-8-14)23-18(28)16-11-12-22-16/h9-10,14-16,22H,4-8,11-13H2,1-3H3,(H,23,28)(H,24,26,27)/b10-9+/t15-,16+/m1/s1. The number of nitrogens with one attached hydrogen (secondary N) is 3. The van der Waals surface area contributed by atoms with E-state index in [0.717, 1.165) is 24.4 Å². The van der Waals surface area contributed by atoms with E-state index in [-0.39, 0.29) is 29.3 Å². The van der Waals surface area contributed by atoms with Gasteiger partial charge in [0, 0.05) is 17.5 Å². The highest BCUT2D eigenvalue weighted by atomic mass is 32.1. The number of amides is 2. The van der Waals surface area contributed by atoms with Gasteiger partial charge < -0.3 is 10.6 Å². The molecular weight excluding hydrogens is 386 g/mol. The van der Waals surface area contributed by atoms with Crippen molar-refractivity contribution in [3.63, 3.8) is 0 Å². The SMILES string of the molecule is CC(C)(C)c1nnc(NC(=O)/C=C/[C@H](CC2CCCCC2)NC(=O)[C@@H]2CCN2)s1. The number of aromatic nitrogens is 2. The fraction of sp³-hybridized carbons (Fsp3) is 0.714. The summed E-state index contributed by atoms with van der Waals surface area (Å²) in [5, 5.41) is 18.6. The summed E-state index contributed by atoms with van der Waals surface area (Å²) in [6, 6.07) is -0.221. The van der Waals surface area contributed by atoms with E-state index in [4.69, 9.17) is 0 Å². The molecule has 1 saturated carbocycles. The zero-order valence-electron chi connectivity index (χ0n) is 17.7. The average molecular weight is 420 g/mol. The van der Waals surface area contributed by atoms with Crippen LogP contribution in [0.5, 0.6) is 0 Å². The molecule has 1 saturated heterocycles. The Bertz CT molecular complexity index is 730. The molecular formula is C21H33N5O2S. The number of carbonyl (C=O) groups excluding carboxylic acids is 2. The van der Waals surface area contributed by atoms with Crippen molar-refractivity contribution in [3.05, 3.63) is 17.2 Å². The van der Waals surface area contributed by atoms with Gasteiger partial charge in [0.25, 0.3) is 0 Å². The summed E-state index contributed by atoms with van der Waals surface area (Å²) in [7, 11) is 0. The molecule has 160 valence electrons. The zero-order valence-corrected chi connectivity index (χ0v) is 18.5. The zero-order chi connectivity index (χ0) is 20.9. The van der Waals surface area contributed by atoms with E-state index in [1.165, 1.54) is 49.5 Å². The van der Waals surface area contributed by atoms with E-state index >= 15 is 0 Å². The predicted molar refractivity (Wildman–Crippen MR) is 116 cm³/mol. The van der Waals surface area contributed by atoms with Crippen LogP contribution in [-0.2, 0) is 15.0 Å². The monoisotopic (exact) mass is 419 g/mol. The maximum atomic E-state index is 12.4. The van der Waals surface area contributed by atoms with Crippen molar-refractivity contribution in [1.82, 2.24) is 20.8 Å². The largest absolute Gasteiger partial charge is 0.349 e. The van der Waals surface area contributed by atoms with E-state index in [9.17, 15) is 9.59 Å². The number of rotatable bonds is 7. The van der Waals surface area contributed by atoms with Gasteiger partial charge in [-0.2, -0.15) is 0 Å². The number of anilines is 1. The average Bonchev–Trinajstić information content (AvgIpc) is 3.08. The Morgan fingerprint density at radius 1 is 1.21 bits per heavy atom. The van der Waals surface area contributed by atoms with E-state index in [1.807, 2.05) is 6.08 Å². The molecule has 2 aliphatic rings. The molecule has 2 atom stereocenters. The number of carbonyl (C=O) groups is 2. The summed E-state index contributed by atoms with van der Waals surface area (Å²) in [5.41, 5.74) is -0.0958. The first-order chi connectivity index (χ1) is 13.8. The van der Waals surface area contributed by atoms with Gasteiger partial charge in [-0.05, 0) is 25.3 Å². The van der Waals surface area contributed by atoms with Gasteiger partial charge in [-0.1, -0.05) is 70.3 Å². The summed E-state index contributed by atoms with van der Waals surface area (Å²) in [4.78, 5) is 24.8. The Balaban J connectivity index is 1.58. The van der Waals surface area contributed by atoms with Crippen molar-refractivity contribution < 1.29 is 9.59 Å². The van der Waals surface area contributed by atoms with Crippen LogP contribution in [-0.4, -0.2) is 40.6 Å². The van der Waals surface area contributed by atoms with Gasteiger partial charge in [0.1, 0.15) is 5.01 Å². The third-order valence-electron chi connectivity index (χ3n) is 5.56. The summed E-state index contributed by atoms with van der Waals surface area (Å²) < 4.78 is 0. The number of hydrogen-bond acceptors (Lipinski definition) is 6. The van der Waals surface area contributed by atoms with Crippen LogP contribution in [0, 0.1) is 5.92 Å². The molecule has 1 aliphatic carbocycles. The van der Waals surface area contributed by atoms with E-state index in [1.54, 1.807) is 0 Å². The van der Waals surface area contributed by atoms with Crippen molar-refractivity contribution in [2.75, 3.05) is 11.9 Å². The van der Waals surface area contributed by atoms with Crippen molar-refractivity contribution in [2.24, 2.45) is 5.92 Å². The molecule has 2 amide bonds. The van der Waals surface area contributed by atoms with Crippen LogP contribution >= 0.6 is 11.3 Å². The molecule has 1 aromatic rings. The highest BCUT2D eigenvalue weighted by molar-refractivity contribution is 7.15. The van der Waals surface area contributed by atoms with Crippen molar-refractivity contribution >= 4 is 28.3 Å². The first kappa shape index (κ1) is 21.9.